The van der Waals surface area contributed by atoms with Crippen LogP contribution in [-0.4, -0.2) is 23.3 Å². The zero-order valence-corrected chi connectivity index (χ0v) is 15.6. The Morgan fingerprint density at radius 1 is 1.16 bits per heavy atom. The van der Waals surface area contributed by atoms with Crippen LogP contribution >= 0.6 is 22.7 Å². The van der Waals surface area contributed by atoms with E-state index in [0.717, 1.165) is 21.7 Å². The fourth-order valence-corrected chi connectivity index (χ4v) is 3.90. The van der Waals surface area contributed by atoms with Crippen LogP contribution in [0.25, 0.3) is 10.6 Å². The smallest absolute Gasteiger partial charge is 0.312 e. The topological polar surface area (TPSA) is 56.3 Å². The first-order valence-corrected chi connectivity index (χ1v) is 9.58. The van der Waals surface area contributed by atoms with Gasteiger partial charge in [-0.2, -0.15) is 11.3 Å². The fourth-order valence-electron chi connectivity index (χ4n) is 2.37. The summed E-state index contributed by atoms with van der Waals surface area (Å²) in [6, 6.07) is 7.66. The number of Topliss-reactive ketones (excluding diaryl/α,β-unsaturated/α-hetero) is 1. The summed E-state index contributed by atoms with van der Waals surface area (Å²) in [5.74, 6) is -0.632. The van der Waals surface area contributed by atoms with Crippen LogP contribution in [0.2, 0.25) is 0 Å². The van der Waals surface area contributed by atoms with E-state index in [-0.39, 0.29) is 18.8 Å². The van der Waals surface area contributed by atoms with Gasteiger partial charge in [0.1, 0.15) is 5.01 Å². The zero-order valence-electron chi connectivity index (χ0n) is 13.9. The van der Waals surface area contributed by atoms with Crippen LogP contribution in [0, 0.1) is 13.8 Å². The van der Waals surface area contributed by atoms with Crippen LogP contribution in [-0.2, 0) is 16.0 Å². The van der Waals surface area contributed by atoms with Gasteiger partial charge in [0.2, 0.25) is 5.78 Å². The molecule has 128 valence electrons. The molecule has 3 aromatic rings. The predicted molar refractivity (Wildman–Crippen MR) is 100 cm³/mol. The van der Waals surface area contributed by atoms with Crippen molar-refractivity contribution in [2.24, 2.45) is 0 Å². The maximum atomic E-state index is 12.2. The lowest BCUT2D eigenvalue weighted by Crippen LogP contribution is -2.16. The molecule has 1 aromatic carbocycles. The van der Waals surface area contributed by atoms with E-state index in [9.17, 15) is 9.59 Å². The number of nitrogens with zero attached hydrogens (tertiary/aromatic N) is 1. The SMILES string of the molecule is Cc1ccc(C)c(C(=O)COC(=O)Cc2csc(-c3ccsc3)n2)c1. The largest absolute Gasteiger partial charge is 0.457 e. The molecule has 0 aliphatic heterocycles. The molecule has 0 N–H and O–H groups in total. The summed E-state index contributed by atoms with van der Waals surface area (Å²) >= 11 is 3.10. The van der Waals surface area contributed by atoms with Crippen LogP contribution < -0.4 is 0 Å². The van der Waals surface area contributed by atoms with Gasteiger partial charge in [-0.1, -0.05) is 17.7 Å². The molecule has 0 atom stereocenters. The number of hydrogen-bond acceptors (Lipinski definition) is 6. The standard InChI is InChI=1S/C19H17NO3S2/c1-12-3-4-13(2)16(7-12)17(21)9-23-18(22)8-15-11-25-19(20-15)14-5-6-24-10-14/h3-7,10-11H,8-9H2,1-2H3. The number of aromatic nitrogens is 1. The van der Waals surface area contributed by atoms with Crippen molar-refractivity contribution in [3.8, 4) is 10.6 Å². The zero-order chi connectivity index (χ0) is 17.8. The molecule has 4 nitrogen and oxygen atoms in total. The quantitative estimate of drug-likeness (QED) is 0.474. The van der Waals surface area contributed by atoms with E-state index < -0.39 is 5.97 Å². The van der Waals surface area contributed by atoms with Crippen molar-refractivity contribution >= 4 is 34.4 Å². The summed E-state index contributed by atoms with van der Waals surface area (Å²) in [5.41, 5.74) is 4.20. The third-order valence-electron chi connectivity index (χ3n) is 3.70. The minimum atomic E-state index is -0.444. The second kappa shape index (κ2) is 7.72. The Morgan fingerprint density at radius 3 is 2.76 bits per heavy atom. The monoisotopic (exact) mass is 371 g/mol. The van der Waals surface area contributed by atoms with Crippen molar-refractivity contribution in [3.63, 3.8) is 0 Å². The van der Waals surface area contributed by atoms with Gasteiger partial charge < -0.3 is 4.74 Å². The first-order chi connectivity index (χ1) is 12.0. The molecular weight excluding hydrogens is 354 g/mol. The number of ether oxygens (including phenoxy) is 1. The van der Waals surface area contributed by atoms with Crippen molar-refractivity contribution < 1.29 is 14.3 Å². The number of benzene rings is 1. The second-order valence-electron chi connectivity index (χ2n) is 5.74. The molecule has 25 heavy (non-hydrogen) atoms. The Kier molecular flexibility index (Phi) is 5.40. The van der Waals surface area contributed by atoms with Gasteiger partial charge in [0.15, 0.2) is 6.61 Å². The Hall–Kier alpha value is -2.31. The number of hydrogen-bond donors (Lipinski definition) is 0. The van der Waals surface area contributed by atoms with Crippen LogP contribution in [0.5, 0.6) is 0 Å². The lowest BCUT2D eigenvalue weighted by molar-refractivity contribution is -0.141. The van der Waals surface area contributed by atoms with Crippen molar-refractivity contribution in [1.29, 1.82) is 0 Å². The molecule has 0 saturated heterocycles. The van der Waals surface area contributed by atoms with Gasteiger partial charge in [0.05, 0.1) is 12.1 Å². The third kappa shape index (κ3) is 4.41. The fraction of sp³-hybridized carbons (Fsp3) is 0.211. The summed E-state index contributed by atoms with van der Waals surface area (Å²) in [6.45, 7) is 3.55. The Morgan fingerprint density at radius 2 is 2.00 bits per heavy atom. The minimum Gasteiger partial charge on any atom is -0.457 e. The molecule has 0 amide bonds. The van der Waals surface area contributed by atoms with Gasteiger partial charge in [0.25, 0.3) is 0 Å². The summed E-state index contributed by atoms with van der Waals surface area (Å²) in [5, 5.41) is 6.74. The Balaban J connectivity index is 1.56. The molecular formula is C19H17NO3S2. The van der Waals surface area contributed by atoms with Crippen molar-refractivity contribution in [2.75, 3.05) is 6.61 Å². The first kappa shape index (κ1) is 17.5. The number of ketones is 1. The highest BCUT2D eigenvalue weighted by atomic mass is 32.1. The molecule has 3 rings (SSSR count). The number of aryl methyl sites for hydroxylation is 2. The van der Waals surface area contributed by atoms with E-state index in [4.69, 9.17) is 4.74 Å². The van der Waals surface area contributed by atoms with E-state index in [1.165, 1.54) is 11.3 Å². The van der Waals surface area contributed by atoms with E-state index in [2.05, 4.69) is 4.98 Å². The molecule has 0 aliphatic carbocycles. The van der Waals surface area contributed by atoms with Crippen LogP contribution in [0.15, 0.2) is 40.4 Å². The molecule has 2 aromatic heterocycles. The first-order valence-electron chi connectivity index (χ1n) is 7.76. The molecule has 0 unspecified atom stereocenters. The maximum absolute atomic E-state index is 12.2. The van der Waals surface area contributed by atoms with Gasteiger partial charge in [-0.15, -0.1) is 11.3 Å². The molecule has 0 spiro atoms. The summed E-state index contributed by atoms with van der Waals surface area (Å²) in [7, 11) is 0. The summed E-state index contributed by atoms with van der Waals surface area (Å²) in [4.78, 5) is 28.7. The Labute approximate surface area is 154 Å². The molecule has 0 aliphatic rings. The highest BCUT2D eigenvalue weighted by Crippen LogP contribution is 2.25. The molecule has 0 fully saturated rings. The predicted octanol–water partition coefficient (Wildman–Crippen LogP) is 4.46. The van der Waals surface area contributed by atoms with E-state index in [0.29, 0.717) is 11.3 Å². The lowest BCUT2D eigenvalue weighted by atomic mass is 10.0. The molecule has 6 heteroatoms. The van der Waals surface area contributed by atoms with E-state index in [1.807, 2.05) is 54.3 Å². The van der Waals surface area contributed by atoms with Crippen molar-refractivity contribution in [2.45, 2.75) is 20.3 Å². The number of carbonyl (C=O) groups excluding carboxylic acids is 2. The normalized spacial score (nSPS) is 10.6. The molecule has 0 radical (unpaired) electrons. The number of carbonyl (C=O) groups is 2. The van der Waals surface area contributed by atoms with Gasteiger partial charge in [0, 0.05) is 21.9 Å². The Bertz CT molecular complexity index is 897. The number of thiophene rings is 1. The highest BCUT2D eigenvalue weighted by Gasteiger charge is 2.14. The average molecular weight is 371 g/mol. The van der Waals surface area contributed by atoms with Gasteiger partial charge in [-0.05, 0) is 36.9 Å². The van der Waals surface area contributed by atoms with Crippen molar-refractivity contribution in [1.82, 2.24) is 4.98 Å². The average Bonchev–Trinajstić information content (AvgIpc) is 3.26. The molecule has 0 bridgehead atoms. The van der Waals surface area contributed by atoms with E-state index >= 15 is 0 Å². The minimum absolute atomic E-state index is 0.0702. The van der Waals surface area contributed by atoms with Gasteiger partial charge >= 0.3 is 5.97 Å². The second-order valence-corrected chi connectivity index (χ2v) is 7.37. The number of rotatable bonds is 6. The molecule has 2 heterocycles. The van der Waals surface area contributed by atoms with Gasteiger partial charge in [-0.25, -0.2) is 4.98 Å². The summed E-state index contributed by atoms with van der Waals surface area (Å²) < 4.78 is 5.14. The van der Waals surface area contributed by atoms with Gasteiger partial charge in [-0.3, -0.25) is 9.59 Å². The lowest BCUT2D eigenvalue weighted by Gasteiger charge is -2.07. The van der Waals surface area contributed by atoms with Crippen LogP contribution in [0.3, 0.4) is 0 Å². The molecule has 0 saturated carbocycles. The number of thiazole rings is 1. The third-order valence-corrected chi connectivity index (χ3v) is 5.33. The highest BCUT2D eigenvalue weighted by molar-refractivity contribution is 7.14. The maximum Gasteiger partial charge on any atom is 0.312 e. The van der Waals surface area contributed by atoms with E-state index in [1.54, 1.807) is 11.3 Å². The number of esters is 1. The van der Waals surface area contributed by atoms with Crippen LogP contribution in [0.4, 0.5) is 0 Å². The van der Waals surface area contributed by atoms with Crippen molar-refractivity contribution in [3.05, 3.63) is 62.8 Å². The summed E-state index contributed by atoms with van der Waals surface area (Å²) in [6.07, 6.45) is 0.0702. The van der Waals surface area contributed by atoms with Crippen LogP contribution in [0.1, 0.15) is 27.2 Å².